The normalized spacial score (nSPS) is 15.5. The SMILES string of the molecule is CC[C@@H](C)c1ccccc1OCC(=O)N1CCN(C(=O)c2ccc[nH]2)CC1. The van der Waals surface area contributed by atoms with Crippen LogP contribution in [0.5, 0.6) is 5.75 Å². The lowest BCUT2D eigenvalue weighted by Gasteiger charge is -2.34. The van der Waals surface area contributed by atoms with E-state index in [0.29, 0.717) is 37.8 Å². The van der Waals surface area contributed by atoms with E-state index < -0.39 is 0 Å². The fourth-order valence-corrected chi connectivity index (χ4v) is 3.26. The zero-order valence-corrected chi connectivity index (χ0v) is 16.0. The van der Waals surface area contributed by atoms with E-state index in [9.17, 15) is 9.59 Å². The number of H-pyrrole nitrogens is 1. The maximum Gasteiger partial charge on any atom is 0.270 e. The summed E-state index contributed by atoms with van der Waals surface area (Å²) in [5.74, 6) is 1.10. The molecular formula is C21H27N3O3. The first-order chi connectivity index (χ1) is 13.1. The average molecular weight is 369 g/mol. The zero-order chi connectivity index (χ0) is 19.2. The summed E-state index contributed by atoms with van der Waals surface area (Å²) in [5, 5.41) is 0. The summed E-state index contributed by atoms with van der Waals surface area (Å²) in [6.07, 6.45) is 2.76. The number of aromatic amines is 1. The number of nitrogens with zero attached hydrogens (tertiary/aromatic N) is 2. The van der Waals surface area contributed by atoms with Crippen molar-refractivity contribution < 1.29 is 14.3 Å². The van der Waals surface area contributed by atoms with Gasteiger partial charge in [-0.05, 0) is 36.1 Å². The Balaban J connectivity index is 1.51. The van der Waals surface area contributed by atoms with Gasteiger partial charge in [0.05, 0.1) is 0 Å². The lowest BCUT2D eigenvalue weighted by Crippen LogP contribution is -2.51. The minimum Gasteiger partial charge on any atom is -0.483 e. The molecule has 1 atom stereocenters. The molecule has 2 aromatic rings. The smallest absolute Gasteiger partial charge is 0.270 e. The predicted octanol–water partition coefficient (Wildman–Crippen LogP) is 2.89. The highest BCUT2D eigenvalue weighted by Gasteiger charge is 2.25. The summed E-state index contributed by atoms with van der Waals surface area (Å²) in [6, 6.07) is 11.5. The molecule has 0 saturated carbocycles. The number of nitrogens with one attached hydrogen (secondary N) is 1. The Hall–Kier alpha value is -2.76. The van der Waals surface area contributed by atoms with Gasteiger partial charge in [0, 0.05) is 32.4 Å². The van der Waals surface area contributed by atoms with Gasteiger partial charge in [0.2, 0.25) is 0 Å². The third-order valence-electron chi connectivity index (χ3n) is 5.16. The third kappa shape index (κ3) is 4.51. The van der Waals surface area contributed by atoms with Gasteiger partial charge in [-0.3, -0.25) is 9.59 Å². The summed E-state index contributed by atoms with van der Waals surface area (Å²) < 4.78 is 5.83. The molecule has 6 heteroatoms. The number of aromatic nitrogens is 1. The number of para-hydroxylation sites is 1. The molecule has 0 spiro atoms. The van der Waals surface area contributed by atoms with Gasteiger partial charge in [-0.1, -0.05) is 32.0 Å². The summed E-state index contributed by atoms with van der Waals surface area (Å²) in [7, 11) is 0. The molecule has 2 amide bonds. The van der Waals surface area contributed by atoms with Gasteiger partial charge in [-0.2, -0.15) is 0 Å². The van der Waals surface area contributed by atoms with Crippen molar-refractivity contribution in [3.63, 3.8) is 0 Å². The number of piperazine rings is 1. The monoisotopic (exact) mass is 369 g/mol. The lowest BCUT2D eigenvalue weighted by molar-refractivity contribution is -0.134. The molecule has 1 saturated heterocycles. The largest absolute Gasteiger partial charge is 0.483 e. The number of benzene rings is 1. The molecule has 1 aromatic carbocycles. The van der Waals surface area contributed by atoms with Crippen molar-refractivity contribution in [2.24, 2.45) is 0 Å². The minimum absolute atomic E-state index is 0.0224. The summed E-state index contributed by atoms with van der Waals surface area (Å²) in [4.78, 5) is 31.3. The zero-order valence-electron chi connectivity index (χ0n) is 16.0. The van der Waals surface area contributed by atoms with Gasteiger partial charge >= 0.3 is 0 Å². The Kier molecular flexibility index (Phi) is 6.16. The van der Waals surface area contributed by atoms with E-state index in [1.807, 2.05) is 24.3 Å². The van der Waals surface area contributed by atoms with Crippen LogP contribution in [0.2, 0.25) is 0 Å². The van der Waals surface area contributed by atoms with Crippen LogP contribution in [0.3, 0.4) is 0 Å². The predicted molar refractivity (Wildman–Crippen MR) is 104 cm³/mol. The van der Waals surface area contributed by atoms with Gasteiger partial charge < -0.3 is 19.5 Å². The van der Waals surface area contributed by atoms with Crippen molar-refractivity contribution in [3.05, 3.63) is 53.9 Å². The van der Waals surface area contributed by atoms with Crippen LogP contribution in [0.1, 0.15) is 42.2 Å². The van der Waals surface area contributed by atoms with Crippen LogP contribution in [0.4, 0.5) is 0 Å². The minimum atomic E-state index is -0.0408. The van der Waals surface area contributed by atoms with E-state index in [0.717, 1.165) is 17.7 Å². The summed E-state index contributed by atoms with van der Waals surface area (Å²) in [5.41, 5.74) is 1.72. The van der Waals surface area contributed by atoms with Crippen molar-refractivity contribution in [3.8, 4) is 5.75 Å². The highest BCUT2D eigenvalue weighted by atomic mass is 16.5. The fraction of sp³-hybridized carbons (Fsp3) is 0.429. The molecule has 27 heavy (non-hydrogen) atoms. The molecule has 0 radical (unpaired) electrons. The molecule has 2 heterocycles. The number of amides is 2. The van der Waals surface area contributed by atoms with Crippen molar-refractivity contribution in [2.75, 3.05) is 32.8 Å². The Morgan fingerprint density at radius 3 is 2.44 bits per heavy atom. The van der Waals surface area contributed by atoms with Gasteiger partial charge in [0.25, 0.3) is 11.8 Å². The number of hydrogen-bond donors (Lipinski definition) is 1. The molecule has 144 valence electrons. The molecule has 6 nitrogen and oxygen atoms in total. The van der Waals surface area contributed by atoms with E-state index in [1.54, 1.807) is 22.1 Å². The molecule has 1 aliphatic heterocycles. The third-order valence-corrected chi connectivity index (χ3v) is 5.16. The van der Waals surface area contributed by atoms with Crippen molar-refractivity contribution in [1.29, 1.82) is 0 Å². The van der Waals surface area contributed by atoms with Crippen molar-refractivity contribution >= 4 is 11.8 Å². The number of rotatable bonds is 6. The standard InChI is InChI=1S/C21H27N3O3/c1-3-16(2)17-7-4-5-9-19(17)27-15-20(25)23-11-13-24(14-12-23)21(26)18-8-6-10-22-18/h4-10,16,22H,3,11-15H2,1-2H3/t16-/m1/s1. The van der Waals surface area contributed by atoms with E-state index in [4.69, 9.17) is 4.74 Å². The number of carbonyl (C=O) groups excluding carboxylic acids is 2. The van der Waals surface area contributed by atoms with Crippen LogP contribution in [0, 0.1) is 0 Å². The fourth-order valence-electron chi connectivity index (χ4n) is 3.26. The van der Waals surface area contributed by atoms with E-state index in [2.05, 4.69) is 24.9 Å². The molecule has 0 unspecified atom stereocenters. The molecule has 0 bridgehead atoms. The van der Waals surface area contributed by atoms with Crippen LogP contribution in [0.15, 0.2) is 42.6 Å². The molecule has 1 fully saturated rings. The van der Waals surface area contributed by atoms with E-state index in [-0.39, 0.29) is 18.4 Å². The average Bonchev–Trinajstić information content (AvgIpc) is 3.26. The molecule has 1 aliphatic rings. The highest BCUT2D eigenvalue weighted by Crippen LogP contribution is 2.28. The Morgan fingerprint density at radius 2 is 1.78 bits per heavy atom. The van der Waals surface area contributed by atoms with Crippen LogP contribution in [-0.2, 0) is 4.79 Å². The second kappa shape index (κ2) is 8.75. The maximum atomic E-state index is 12.5. The lowest BCUT2D eigenvalue weighted by atomic mass is 9.98. The quantitative estimate of drug-likeness (QED) is 0.851. The first-order valence-corrected chi connectivity index (χ1v) is 9.52. The summed E-state index contributed by atoms with van der Waals surface area (Å²) >= 11 is 0. The second-order valence-corrected chi connectivity index (χ2v) is 6.89. The van der Waals surface area contributed by atoms with Crippen molar-refractivity contribution in [1.82, 2.24) is 14.8 Å². The number of carbonyl (C=O) groups is 2. The van der Waals surface area contributed by atoms with Crippen LogP contribution in [-0.4, -0.2) is 59.4 Å². The first kappa shape index (κ1) is 19.0. The highest BCUT2D eigenvalue weighted by molar-refractivity contribution is 5.92. The van der Waals surface area contributed by atoms with Gasteiger partial charge in [-0.25, -0.2) is 0 Å². The number of ether oxygens (including phenoxy) is 1. The van der Waals surface area contributed by atoms with Crippen LogP contribution < -0.4 is 4.74 Å². The van der Waals surface area contributed by atoms with Gasteiger partial charge in [0.1, 0.15) is 11.4 Å². The Bertz CT molecular complexity index is 765. The molecule has 1 N–H and O–H groups in total. The van der Waals surface area contributed by atoms with Gasteiger partial charge in [0.15, 0.2) is 6.61 Å². The Morgan fingerprint density at radius 1 is 1.07 bits per heavy atom. The number of hydrogen-bond acceptors (Lipinski definition) is 3. The molecule has 1 aromatic heterocycles. The first-order valence-electron chi connectivity index (χ1n) is 9.52. The Labute approximate surface area is 160 Å². The van der Waals surface area contributed by atoms with E-state index >= 15 is 0 Å². The van der Waals surface area contributed by atoms with Gasteiger partial charge in [-0.15, -0.1) is 0 Å². The van der Waals surface area contributed by atoms with Crippen LogP contribution >= 0.6 is 0 Å². The topological polar surface area (TPSA) is 65.6 Å². The maximum absolute atomic E-state index is 12.5. The van der Waals surface area contributed by atoms with Crippen LogP contribution in [0.25, 0.3) is 0 Å². The molecule has 0 aliphatic carbocycles. The van der Waals surface area contributed by atoms with E-state index in [1.165, 1.54) is 0 Å². The molecular weight excluding hydrogens is 342 g/mol. The molecule has 3 rings (SSSR count). The van der Waals surface area contributed by atoms with Crippen molar-refractivity contribution in [2.45, 2.75) is 26.2 Å². The second-order valence-electron chi connectivity index (χ2n) is 6.89. The summed E-state index contributed by atoms with van der Waals surface area (Å²) in [6.45, 7) is 6.45.